The topological polar surface area (TPSA) is 60.2 Å². The van der Waals surface area contributed by atoms with E-state index in [1.165, 1.54) is 6.33 Å². The van der Waals surface area contributed by atoms with E-state index in [1.807, 2.05) is 42.5 Å². The number of halogens is 2. The number of para-hydroxylation sites is 1. The Morgan fingerprint density at radius 1 is 1.14 bits per heavy atom. The monoisotopic (exact) mass is 435 g/mol. The fourth-order valence-electron chi connectivity index (χ4n) is 3.15. The molecule has 1 heterocycles. The van der Waals surface area contributed by atoms with Gasteiger partial charge in [-0.1, -0.05) is 35.3 Å². The van der Waals surface area contributed by atoms with Gasteiger partial charge in [-0.05, 0) is 49.2 Å². The first-order valence-electron chi connectivity index (χ1n) is 8.86. The Kier molecular flexibility index (Phi) is 5.56. The lowest BCUT2D eigenvalue weighted by Gasteiger charge is -2.36. The third-order valence-electron chi connectivity index (χ3n) is 4.88. The van der Waals surface area contributed by atoms with E-state index in [0.29, 0.717) is 21.5 Å². The van der Waals surface area contributed by atoms with Gasteiger partial charge < -0.3 is 9.84 Å². The van der Waals surface area contributed by atoms with Crippen molar-refractivity contribution in [3.8, 4) is 5.75 Å². The van der Waals surface area contributed by atoms with Crippen molar-refractivity contribution in [2.75, 3.05) is 5.75 Å². The zero-order valence-electron chi connectivity index (χ0n) is 15.0. The molecule has 1 aliphatic rings. The van der Waals surface area contributed by atoms with Crippen LogP contribution in [0.4, 0.5) is 0 Å². The van der Waals surface area contributed by atoms with Gasteiger partial charge in [0.05, 0.1) is 11.6 Å². The van der Waals surface area contributed by atoms with Crippen LogP contribution >= 0.6 is 35.0 Å². The second-order valence-electron chi connectivity index (χ2n) is 6.89. The summed E-state index contributed by atoms with van der Waals surface area (Å²) in [6, 6.07) is 14.9. The van der Waals surface area contributed by atoms with Gasteiger partial charge in [-0.15, -0.1) is 11.8 Å². The van der Waals surface area contributed by atoms with Gasteiger partial charge in [-0.2, -0.15) is 5.10 Å². The molecule has 2 aromatic carbocycles. The molecule has 0 saturated heterocycles. The SMILES string of the molecule is OC(CSc1ccc(Cl)cc1)(Cn1cncn1)C1(Oc2ccccc2Cl)CC1. The van der Waals surface area contributed by atoms with Crippen LogP contribution in [0.1, 0.15) is 12.8 Å². The summed E-state index contributed by atoms with van der Waals surface area (Å²) in [4.78, 5) is 5.02. The summed E-state index contributed by atoms with van der Waals surface area (Å²) in [6.45, 7) is 0.276. The Bertz CT molecular complexity index is 933. The van der Waals surface area contributed by atoms with Crippen molar-refractivity contribution in [3.63, 3.8) is 0 Å². The minimum Gasteiger partial charge on any atom is -0.483 e. The van der Waals surface area contributed by atoms with Gasteiger partial charge in [0.1, 0.15) is 29.6 Å². The standard InChI is InChI=1S/C20H19Cl2N3O2S/c21-15-5-7-16(8-6-15)28-12-19(26,11-25-14-23-13-24-25)20(9-10-20)27-18-4-2-1-3-17(18)22/h1-8,13-14,26H,9-12H2. The van der Waals surface area contributed by atoms with E-state index in [4.69, 9.17) is 27.9 Å². The molecule has 28 heavy (non-hydrogen) atoms. The molecule has 0 spiro atoms. The predicted molar refractivity (Wildman–Crippen MR) is 111 cm³/mol. The molecule has 0 radical (unpaired) electrons. The maximum atomic E-state index is 11.7. The second kappa shape index (κ2) is 7.95. The zero-order valence-corrected chi connectivity index (χ0v) is 17.3. The van der Waals surface area contributed by atoms with Crippen LogP contribution in [0.5, 0.6) is 5.75 Å². The molecule has 0 bridgehead atoms. The van der Waals surface area contributed by atoms with Crippen molar-refractivity contribution in [1.29, 1.82) is 0 Å². The van der Waals surface area contributed by atoms with Gasteiger partial charge in [0.15, 0.2) is 0 Å². The number of thioether (sulfide) groups is 1. The minimum atomic E-state index is -1.16. The van der Waals surface area contributed by atoms with Gasteiger partial charge in [0.25, 0.3) is 0 Å². The molecule has 1 aromatic heterocycles. The Hall–Kier alpha value is -1.73. The summed E-state index contributed by atoms with van der Waals surface area (Å²) in [5.41, 5.74) is -1.88. The van der Waals surface area contributed by atoms with Crippen molar-refractivity contribution in [3.05, 3.63) is 71.2 Å². The summed E-state index contributed by atoms with van der Waals surface area (Å²) in [5.74, 6) is 1.01. The van der Waals surface area contributed by atoms with Crippen molar-refractivity contribution in [1.82, 2.24) is 14.8 Å². The molecule has 5 nitrogen and oxygen atoms in total. The van der Waals surface area contributed by atoms with E-state index in [-0.39, 0.29) is 6.54 Å². The lowest BCUT2D eigenvalue weighted by molar-refractivity contribution is -0.0741. The molecule has 3 aromatic rings. The van der Waals surface area contributed by atoms with Crippen molar-refractivity contribution < 1.29 is 9.84 Å². The van der Waals surface area contributed by atoms with E-state index in [2.05, 4.69) is 10.1 Å². The zero-order chi connectivity index (χ0) is 19.6. The first-order valence-corrected chi connectivity index (χ1v) is 10.6. The first-order chi connectivity index (χ1) is 13.5. The van der Waals surface area contributed by atoms with Gasteiger partial charge in [0.2, 0.25) is 0 Å². The molecule has 1 aliphatic carbocycles. The molecule has 1 atom stereocenters. The number of hydrogen-bond acceptors (Lipinski definition) is 5. The maximum absolute atomic E-state index is 11.7. The van der Waals surface area contributed by atoms with Crippen LogP contribution in [-0.2, 0) is 6.54 Å². The van der Waals surface area contributed by atoms with E-state index in [1.54, 1.807) is 28.8 Å². The molecule has 1 fully saturated rings. The van der Waals surface area contributed by atoms with Crippen LogP contribution < -0.4 is 4.74 Å². The third-order valence-corrected chi connectivity index (χ3v) is 6.67. The lowest BCUT2D eigenvalue weighted by Crippen LogP contribution is -2.53. The number of aromatic nitrogens is 3. The maximum Gasteiger partial charge on any atom is 0.141 e. The Morgan fingerprint density at radius 2 is 1.89 bits per heavy atom. The summed E-state index contributed by atoms with van der Waals surface area (Å²) < 4.78 is 7.92. The summed E-state index contributed by atoms with van der Waals surface area (Å²) >= 11 is 13.8. The molecule has 146 valence electrons. The van der Waals surface area contributed by atoms with Crippen LogP contribution in [0, 0.1) is 0 Å². The largest absolute Gasteiger partial charge is 0.483 e. The smallest absolute Gasteiger partial charge is 0.141 e. The lowest BCUT2D eigenvalue weighted by atomic mass is 9.96. The fourth-order valence-corrected chi connectivity index (χ4v) is 4.54. The van der Waals surface area contributed by atoms with Crippen LogP contribution in [0.2, 0.25) is 10.0 Å². The minimum absolute atomic E-state index is 0.276. The molecule has 4 rings (SSSR count). The Balaban J connectivity index is 1.59. The normalized spacial score (nSPS) is 17.1. The third kappa shape index (κ3) is 4.15. The van der Waals surface area contributed by atoms with Crippen LogP contribution in [0.3, 0.4) is 0 Å². The van der Waals surface area contributed by atoms with E-state index < -0.39 is 11.2 Å². The average molecular weight is 436 g/mol. The fraction of sp³-hybridized carbons (Fsp3) is 0.300. The number of nitrogens with zero attached hydrogens (tertiary/aromatic N) is 3. The van der Waals surface area contributed by atoms with E-state index in [9.17, 15) is 5.11 Å². The van der Waals surface area contributed by atoms with E-state index >= 15 is 0 Å². The van der Waals surface area contributed by atoms with Gasteiger partial charge in [0, 0.05) is 15.7 Å². The molecule has 1 saturated carbocycles. The number of aliphatic hydroxyl groups is 1. The number of benzene rings is 2. The van der Waals surface area contributed by atoms with Crippen LogP contribution in [0.15, 0.2) is 66.1 Å². The number of ether oxygens (including phenoxy) is 1. The average Bonchev–Trinajstić information content (AvgIpc) is 3.31. The first kappa shape index (κ1) is 19.6. The number of rotatable bonds is 8. The molecule has 0 amide bonds. The summed E-state index contributed by atoms with van der Waals surface area (Å²) in [6.07, 6.45) is 4.54. The molecular formula is C20H19Cl2N3O2S. The van der Waals surface area contributed by atoms with Crippen molar-refractivity contribution in [2.24, 2.45) is 0 Å². The molecule has 1 N–H and O–H groups in total. The predicted octanol–water partition coefficient (Wildman–Crippen LogP) is 4.72. The highest BCUT2D eigenvalue weighted by atomic mass is 35.5. The van der Waals surface area contributed by atoms with Gasteiger partial charge in [-0.3, -0.25) is 0 Å². The Labute approximate surface area is 177 Å². The van der Waals surface area contributed by atoms with Crippen LogP contribution in [-0.4, -0.2) is 36.8 Å². The van der Waals surface area contributed by atoms with Crippen molar-refractivity contribution in [2.45, 2.75) is 35.5 Å². The molecule has 8 heteroatoms. The van der Waals surface area contributed by atoms with Gasteiger partial charge >= 0.3 is 0 Å². The highest BCUT2D eigenvalue weighted by molar-refractivity contribution is 7.99. The van der Waals surface area contributed by atoms with Crippen LogP contribution in [0.25, 0.3) is 0 Å². The summed E-state index contributed by atoms with van der Waals surface area (Å²) in [7, 11) is 0. The molecule has 1 unspecified atom stereocenters. The molecular weight excluding hydrogens is 417 g/mol. The van der Waals surface area contributed by atoms with Gasteiger partial charge in [-0.25, -0.2) is 9.67 Å². The highest BCUT2D eigenvalue weighted by Crippen LogP contribution is 2.51. The quantitative estimate of drug-likeness (QED) is 0.518. The summed E-state index contributed by atoms with van der Waals surface area (Å²) in [5, 5.41) is 17.1. The van der Waals surface area contributed by atoms with Crippen molar-refractivity contribution >= 4 is 35.0 Å². The molecule has 0 aliphatic heterocycles. The highest BCUT2D eigenvalue weighted by Gasteiger charge is 2.62. The Morgan fingerprint density at radius 3 is 2.54 bits per heavy atom. The number of hydrogen-bond donors (Lipinski definition) is 1. The van der Waals surface area contributed by atoms with E-state index in [0.717, 1.165) is 17.7 Å². The second-order valence-corrected chi connectivity index (χ2v) is 8.79.